The molecule has 0 aliphatic rings. The van der Waals surface area contributed by atoms with E-state index in [2.05, 4.69) is 67.9 Å². The molecule has 0 aliphatic heterocycles. The minimum absolute atomic E-state index is 0.452. The minimum Gasteiger partial charge on any atom is -0.0876 e. The lowest BCUT2D eigenvalue weighted by molar-refractivity contribution is 0.299. The number of benzene rings is 1. The van der Waals surface area contributed by atoms with Gasteiger partial charge in [0.15, 0.2) is 0 Å². The van der Waals surface area contributed by atoms with Crippen LogP contribution >= 0.6 is 15.9 Å². The number of rotatable bonds is 5. The maximum Gasteiger partial charge on any atom is 0.0283 e. The molecule has 1 aromatic carbocycles. The summed E-state index contributed by atoms with van der Waals surface area (Å²) < 4.78 is 0. The Labute approximate surface area is 109 Å². The van der Waals surface area contributed by atoms with Crippen molar-refractivity contribution in [3.63, 3.8) is 0 Å². The van der Waals surface area contributed by atoms with Gasteiger partial charge in [-0.25, -0.2) is 0 Å². The lowest BCUT2D eigenvalue weighted by Gasteiger charge is -2.26. The maximum absolute atomic E-state index is 3.48. The topological polar surface area (TPSA) is 0 Å². The molecule has 0 aromatic heterocycles. The summed E-state index contributed by atoms with van der Waals surface area (Å²) in [6.45, 7) is 9.33. The van der Waals surface area contributed by atoms with Crippen molar-refractivity contribution in [2.45, 2.75) is 51.8 Å². The van der Waals surface area contributed by atoms with Gasteiger partial charge in [-0.2, -0.15) is 0 Å². The van der Waals surface area contributed by atoms with Gasteiger partial charge >= 0.3 is 0 Å². The third-order valence-electron chi connectivity index (χ3n) is 3.52. The van der Waals surface area contributed by atoms with Gasteiger partial charge in [-0.05, 0) is 28.9 Å². The first-order valence-corrected chi connectivity index (χ1v) is 7.25. The molecule has 1 unspecified atom stereocenters. The molecular weight excluding hydrogens is 260 g/mol. The third kappa shape index (κ3) is 3.93. The zero-order valence-electron chi connectivity index (χ0n) is 10.9. The monoisotopic (exact) mass is 282 g/mol. The van der Waals surface area contributed by atoms with Gasteiger partial charge in [0.25, 0.3) is 0 Å². The fourth-order valence-corrected chi connectivity index (χ4v) is 2.40. The van der Waals surface area contributed by atoms with Gasteiger partial charge in [-0.15, -0.1) is 0 Å². The summed E-state index contributed by atoms with van der Waals surface area (Å²) in [6.07, 6.45) is 2.51. The van der Waals surface area contributed by atoms with Crippen LogP contribution < -0.4 is 0 Å². The van der Waals surface area contributed by atoms with Crippen molar-refractivity contribution in [1.29, 1.82) is 0 Å². The second-order valence-corrected chi connectivity index (χ2v) is 6.06. The van der Waals surface area contributed by atoms with Gasteiger partial charge in [-0.3, -0.25) is 0 Å². The van der Waals surface area contributed by atoms with Crippen molar-refractivity contribution in [3.8, 4) is 0 Å². The zero-order valence-corrected chi connectivity index (χ0v) is 12.5. The summed E-state index contributed by atoms with van der Waals surface area (Å²) in [5.74, 6) is 0.652. The number of hydrogen-bond donors (Lipinski definition) is 0. The Hall–Kier alpha value is -0.300. The lowest BCUT2D eigenvalue weighted by Crippen LogP contribution is -2.13. The molecule has 1 atom stereocenters. The van der Waals surface area contributed by atoms with E-state index in [4.69, 9.17) is 0 Å². The quantitative estimate of drug-likeness (QED) is 0.625. The Kier molecular flexibility index (Phi) is 5.04. The average Bonchev–Trinajstić information content (AvgIpc) is 2.28. The van der Waals surface area contributed by atoms with Gasteiger partial charge in [0.05, 0.1) is 0 Å². The summed E-state index contributed by atoms with van der Waals surface area (Å²) >= 11 is 3.48. The second-order valence-electron chi connectivity index (χ2n) is 5.50. The summed E-state index contributed by atoms with van der Waals surface area (Å²) in [6, 6.07) is 8.99. The van der Waals surface area contributed by atoms with Crippen molar-refractivity contribution >= 4 is 15.9 Å². The van der Waals surface area contributed by atoms with Crippen molar-refractivity contribution in [2.75, 3.05) is 0 Å². The summed E-state index contributed by atoms with van der Waals surface area (Å²) in [7, 11) is 0. The lowest BCUT2D eigenvalue weighted by atomic mass is 9.79. The summed E-state index contributed by atoms with van der Waals surface area (Å²) in [5.41, 5.74) is 3.27. The van der Waals surface area contributed by atoms with E-state index >= 15 is 0 Å². The fourth-order valence-electron chi connectivity index (χ4n) is 2.03. The first kappa shape index (κ1) is 13.8. The molecular formula is C15H23Br. The molecule has 1 rings (SSSR count). The highest BCUT2D eigenvalue weighted by Gasteiger charge is 2.19. The van der Waals surface area contributed by atoms with Crippen LogP contribution in [0.1, 0.15) is 57.6 Å². The Balaban J connectivity index is 2.69. The van der Waals surface area contributed by atoms with E-state index in [0.29, 0.717) is 11.3 Å². The highest BCUT2D eigenvalue weighted by Crippen LogP contribution is 2.33. The van der Waals surface area contributed by atoms with Gasteiger partial charge < -0.3 is 0 Å². The molecule has 0 fully saturated rings. The molecule has 90 valence electrons. The zero-order chi connectivity index (χ0) is 12.2. The average molecular weight is 283 g/mol. The van der Waals surface area contributed by atoms with Gasteiger partial charge in [0.1, 0.15) is 0 Å². The molecule has 0 aliphatic carbocycles. The minimum atomic E-state index is 0.452. The predicted molar refractivity (Wildman–Crippen MR) is 76.2 cm³/mol. The molecule has 0 bridgehead atoms. The van der Waals surface area contributed by atoms with Crippen LogP contribution in [-0.4, -0.2) is 0 Å². The second kappa shape index (κ2) is 5.86. The van der Waals surface area contributed by atoms with Gasteiger partial charge in [-0.1, -0.05) is 74.3 Å². The highest BCUT2D eigenvalue weighted by atomic mass is 79.9. The first-order chi connectivity index (χ1) is 7.48. The largest absolute Gasteiger partial charge is 0.0876 e. The van der Waals surface area contributed by atoms with Crippen LogP contribution in [0.15, 0.2) is 24.3 Å². The molecule has 0 amide bonds. The van der Waals surface area contributed by atoms with Crippen molar-refractivity contribution in [3.05, 3.63) is 35.4 Å². The highest BCUT2D eigenvalue weighted by molar-refractivity contribution is 9.08. The molecule has 0 nitrogen and oxygen atoms in total. The van der Waals surface area contributed by atoms with Crippen molar-refractivity contribution in [2.24, 2.45) is 5.41 Å². The van der Waals surface area contributed by atoms with E-state index in [9.17, 15) is 0 Å². The van der Waals surface area contributed by atoms with Crippen LogP contribution in [0.5, 0.6) is 0 Å². The molecule has 1 aromatic rings. The Bertz CT molecular complexity index is 311. The molecule has 0 saturated carbocycles. The molecule has 0 N–H and O–H groups in total. The van der Waals surface area contributed by atoms with Crippen molar-refractivity contribution < 1.29 is 0 Å². The van der Waals surface area contributed by atoms with E-state index < -0.39 is 0 Å². The van der Waals surface area contributed by atoms with Crippen LogP contribution in [0, 0.1) is 5.41 Å². The fraction of sp³-hybridized carbons (Fsp3) is 0.600. The molecule has 0 heterocycles. The summed E-state index contributed by atoms with van der Waals surface area (Å²) in [4.78, 5) is 0. The molecule has 0 spiro atoms. The molecule has 0 saturated heterocycles. The smallest absolute Gasteiger partial charge is 0.0283 e. The summed E-state index contributed by atoms with van der Waals surface area (Å²) in [5, 5.41) is 0.947. The van der Waals surface area contributed by atoms with Crippen LogP contribution in [-0.2, 0) is 5.33 Å². The van der Waals surface area contributed by atoms with Crippen LogP contribution in [0.4, 0.5) is 0 Å². The predicted octanol–water partition coefficient (Wildman–Crippen LogP) is 5.51. The first-order valence-electron chi connectivity index (χ1n) is 6.13. The van der Waals surface area contributed by atoms with E-state index in [0.717, 1.165) is 5.33 Å². The Morgan fingerprint density at radius 1 is 1.19 bits per heavy atom. The normalized spacial score (nSPS) is 13.8. The van der Waals surface area contributed by atoms with Crippen LogP contribution in [0.2, 0.25) is 0 Å². The van der Waals surface area contributed by atoms with Gasteiger partial charge in [0, 0.05) is 5.33 Å². The maximum atomic E-state index is 3.48. The Morgan fingerprint density at radius 3 is 2.19 bits per heavy atom. The van der Waals surface area contributed by atoms with Crippen LogP contribution in [0.25, 0.3) is 0 Å². The number of halogens is 1. The Morgan fingerprint density at radius 2 is 1.75 bits per heavy atom. The van der Waals surface area contributed by atoms with E-state index in [1.165, 1.54) is 24.0 Å². The molecule has 1 heteroatoms. The van der Waals surface area contributed by atoms with Crippen LogP contribution in [0.3, 0.4) is 0 Å². The standard InChI is InChI=1S/C15H23Br/c1-5-15(3,4)10-12(2)14-8-6-13(11-16)7-9-14/h6-9,12H,5,10-11H2,1-4H3. The van der Waals surface area contributed by atoms with Gasteiger partial charge in [0.2, 0.25) is 0 Å². The van der Waals surface area contributed by atoms with E-state index in [1.807, 2.05) is 0 Å². The SMILES string of the molecule is CCC(C)(C)CC(C)c1ccc(CBr)cc1. The number of hydrogen-bond acceptors (Lipinski definition) is 0. The number of alkyl halides is 1. The molecule has 16 heavy (non-hydrogen) atoms. The van der Waals surface area contributed by atoms with E-state index in [-0.39, 0.29) is 0 Å². The van der Waals surface area contributed by atoms with E-state index in [1.54, 1.807) is 0 Å². The van der Waals surface area contributed by atoms with Crippen molar-refractivity contribution in [1.82, 2.24) is 0 Å². The third-order valence-corrected chi connectivity index (χ3v) is 4.17. The molecule has 0 radical (unpaired) electrons.